The number of sulfonamides is 1. The monoisotopic (exact) mass is 303 g/mol. The molecule has 0 saturated carbocycles. The Kier molecular flexibility index (Phi) is 3.52. The summed E-state index contributed by atoms with van der Waals surface area (Å²) in [6, 6.07) is 6.31. The minimum atomic E-state index is -3.66. The van der Waals surface area contributed by atoms with Crippen LogP contribution >= 0.6 is 8.38 Å². The molecule has 2 rings (SSSR count). The number of hydrogen-bond donors (Lipinski definition) is 1. The molecule has 106 valence electrons. The minimum Gasteiger partial charge on any atom is -0.321 e. The van der Waals surface area contributed by atoms with Gasteiger partial charge in [-0.15, -0.1) is 0 Å². The van der Waals surface area contributed by atoms with Gasteiger partial charge >= 0.3 is 0 Å². The van der Waals surface area contributed by atoms with Gasteiger partial charge < -0.3 is 9.05 Å². The van der Waals surface area contributed by atoms with Gasteiger partial charge in [-0.3, -0.25) is 0 Å². The highest BCUT2D eigenvalue weighted by Gasteiger charge is 2.50. The summed E-state index contributed by atoms with van der Waals surface area (Å²) in [4.78, 5) is 0.0870. The number of nitrogens with two attached hydrogens (primary N) is 1. The first kappa shape index (κ1) is 14.9. The second-order valence-electron chi connectivity index (χ2n) is 5.50. The second kappa shape index (κ2) is 4.50. The second-order valence-corrected chi connectivity index (χ2v) is 8.46. The third kappa shape index (κ3) is 2.83. The molecule has 0 aliphatic carbocycles. The van der Waals surface area contributed by atoms with Crippen molar-refractivity contribution in [3.05, 3.63) is 24.3 Å². The van der Waals surface area contributed by atoms with Crippen molar-refractivity contribution in [2.45, 2.75) is 43.8 Å². The van der Waals surface area contributed by atoms with Crippen LogP contribution in [0, 0.1) is 0 Å². The molecule has 1 aromatic carbocycles. The predicted molar refractivity (Wildman–Crippen MR) is 74.7 cm³/mol. The van der Waals surface area contributed by atoms with Crippen LogP contribution in [0.1, 0.15) is 27.7 Å². The normalized spacial score (nSPS) is 22.6. The molecule has 1 saturated heterocycles. The lowest BCUT2D eigenvalue weighted by Crippen LogP contribution is -2.41. The van der Waals surface area contributed by atoms with Crippen LogP contribution in [0.4, 0.5) is 0 Å². The Bertz CT molecular complexity index is 564. The van der Waals surface area contributed by atoms with E-state index < -0.39 is 29.6 Å². The van der Waals surface area contributed by atoms with E-state index in [2.05, 4.69) is 0 Å². The maximum absolute atomic E-state index is 11.2. The average Bonchev–Trinajstić information content (AvgIpc) is 2.47. The van der Waals surface area contributed by atoms with Crippen molar-refractivity contribution in [2.24, 2.45) is 5.14 Å². The molecule has 1 fully saturated rings. The van der Waals surface area contributed by atoms with Gasteiger partial charge in [-0.25, -0.2) is 13.6 Å². The zero-order valence-corrected chi connectivity index (χ0v) is 13.1. The van der Waals surface area contributed by atoms with E-state index >= 15 is 0 Å². The quantitative estimate of drug-likeness (QED) is 0.846. The topological polar surface area (TPSA) is 78.6 Å². The van der Waals surface area contributed by atoms with Crippen molar-refractivity contribution in [1.29, 1.82) is 0 Å². The van der Waals surface area contributed by atoms with Gasteiger partial charge in [-0.05, 0) is 52.0 Å². The van der Waals surface area contributed by atoms with Crippen LogP contribution in [-0.2, 0) is 19.1 Å². The Morgan fingerprint density at radius 3 is 1.79 bits per heavy atom. The van der Waals surface area contributed by atoms with Gasteiger partial charge in [0.05, 0.1) is 16.1 Å². The maximum atomic E-state index is 11.2. The van der Waals surface area contributed by atoms with Gasteiger partial charge in [0.2, 0.25) is 18.4 Å². The van der Waals surface area contributed by atoms with Crippen molar-refractivity contribution < 1.29 is 17.5 Å². The summed E-state index contributed by atoms with van der Waals surface area (Å²) in [6.45, 7) is 7.92. The van der Waals surface area contributed by atoms with Crippen LogP contribution in [0.25, 0.3) is 0 Å². The van der Waals surface area contributed by atoms with E-state index in [1.54, 1.807) is 12.1 Å². The molecule has 19 heavy (non-hydrogen) atoms. The third-order valence-corrected chi connectivity index (χ3v) is 6.34. The highest BCUT2D eigenvalue weighted by molar-refractivity contribution is 7.89. The SMILES string of the molecule is CC1(C)OP(c2ccc(S(N)(=O)=O)cc2)OC1(C)C. The van der Waals surface area contributed by atoms with Gasteiger partial charge in [0.25, 0.3) is 0 Å². The first-order valence-corrected chi connectivity index (χ1v) is 8.57. The van der Waals surface area contributed by atoms with E-state index in [9.17, 15) is 8.42 Å². The minimum absolute atomic E-state index is 0.0870. The van der Waals surface area contributed by atoms with Crippen LogP contribution < -0.4 is 10.4 Å². The fourth-order valence-corrected chi connectivity index (χ4v) is 3.94. The largest absolute Gasteiger partial charge is 0.321 e. The first-order chi connectivity index (χ1) is 8.53. The molecular weight excluding hydrogens is 285 g/mol. The van der Waals surface area contributed by atoms with E-state index in [4.69, 9.17) is 14.2 Å². The first-order valence-electron chi connectivity index (χ1n) is 5.84. The van der Waals surface area contributed by atoms with E-state index in [-0.39, 0.29) is 4.90 Å². The molecular formula is C12H18NO4PS. The van der Waals surface area contributed by atoms with E-state index in [1.807, 2.05) is 27.7 Å². The molecule has 0 atom stereocenters. The van der Waals surface area contributed by atoms with Crippen molar-refractivity contribution in [2.75, 3.05) is 0 Å². The Morgan fingerprint density at radius 2 is 1.42 bits per heavy atom. The van der Waals surface area contributed by atoms with Crippen LogP contribution in [0.2, 0.25) is 0 Å². The van der Waals surface area contributed by atoms with Crippen LogP contribution in [-0.4, -0.2) is 19.6 Å². The summed E-state index contributed by atoms with van der Waals surface area (Å²) in [5.74, 6) is 0. The van der Waals surface area contributed by atoms with Crippen LogP contribution in [0.3, 0.4) is 0 Å². The van der Waals surface area contributed by atoms with E-state index in [1.165, 1.54) is 12.1 Å². The highest BCUT2D eigenvalue weighted by Crippen LogP contribution is 2.56. The van der Waals surface area contributed by atoms with Gasteiger partial charge in [0, 0.05) is 5.30 Å². The molecule has 0 amide bonds. The molecule has 0 bridgehead atoms. The molecule has 0 radical (unpaired) electrons. The van der Waals surface area contributed by atoms with E-state index in [0.29, 0.717) is 0 Å². The molecule has 1 heterocycles. The summed E-state index contributed by atoms with van der Waals surface area (Å²) < 4.78 is 34.3. The smallest absolute Gasteiger partial charge is 0.238 e. The molecule has 5 nitrogen and oxygen atoms in total. The molecule has 0 unspecified atom stereocenters. The average molecular weight is 303 g/mol. The van der Waals surface area contributed by atoms with E-state index in [0.717, 1.165) is 5.30 Å². The third-order valence-electron chi connectivity index (χ3n) is 3.45. The molecule has 7 heteroatoms. The lowest BCUT2D eigenvalue weighted by atomic mass is 9.90. The maximum Gasteiger partial charge on any atom is 0.238 e. The summed E-state index contributed by atoms with van der Waals surface area (Å²) in [6.07, 6.45) is 0. The zero-order chi connectivity index (χ0) is 14.5. The van der Waals surface area contributed by atoms with Gasteiger partial charge in [-0.2, -0.15) is 0 Å². The number of hydrogen-bond acceptors (Lipinski definition) is 4. The molecule has 0 aromatic heterocycles. The van der Waals surface area contributed by atoms with Gasteiger partial charge in [0.15, 0.2) is 0 Å². The zero-order valence-electron chi connectivity index (χ0n) is 11.4. The van der Waals surface area contributed by atoms with Gasteiger partial charge in [-0.1, -0.05) is 0 Å². The van der Waals surface area contributed by atoms with Crippen LogP contribution in [0.15, 0.2) is 29.2 Å². The van der Waals surface area contributed by atoms with Crippen molar-refractivity contribution in [1.82, 2.24) is 0 Å². The van der Waals surface area contributed by atoms with Crippen LogP contribution in [0.5, 0.6) is 0 Å². The molecule has 0 spiro atoms. The summed E-state index contributed by atoms with van der Waals surface area (Å²) in [7, 11) is -4.86. The number of rotatable bonds is 2. The summed E-state index contributed by atoms with van der Waals surface area (Å²) in [5, 5.41) is 5.90. The Labute approximate surface area is 115 Å². The van der Waals surface area contributed by atoms with Crippen molar-refractivity contribution >= 4 is 23.7 Å². The van der Waals surface area contributed by atoms with Gasteiger partial charge in [0.1, 0.15) is 0 Å². The Morgan fingerprint density at radius 1 is 1.00 bits per heavy atom. The fraction of sp³-hybridized carbons (Fsp3) is 0.500. The highest BCUT2D eigenvalue weighted by atomic mass is 32.2. The molecule has 2 N–H and O–H groups in total. The van der Waals surface area contributed by atoms with Crippen molar-refractivity contribution in [3.8, 4) is 0 Å². The van der Waals surface area contributed by atoms with Crippen molar-refractivity contribution in [3.63, 3.8) is 0 Å². The summed E-state index contributed by atoms with van der Waals surface area (Å²) in [5.41, 5.74) is -0.783. The Hall–Kier alpha value is -0.520. The standard InChI is InChI=1S/C12H18NO4PS/c1-11(2)12(3,4)17-18(16-11)9-5-7-10(8-6-9)19(13,14)15/h5-8H,1-4H3,(H2,13,14,15). The fourth-order valence-electron chi connectivity index (χ4n) is 1.52. The Balaban J connectivity index is 2.26. The molecule has 1 aliphatic rings. The predicted octanol–water partition coefficient (Wildman–Crippen LogP) is 1.88. The molecule has 1 aliphatic heterocycles. The summed E-state index contributed by atoms with van der Waals surface area (Å²) >= 11 is 0. The number of primary sulfonamides is 1. The lowest BCUT2D eigenvalue weighted by Gasteiger charge is -2.29. The lowest BCUT2D eigenvalue weighted by molar-refractivity contribution is 0.00578. The number of benzene rings is 1. The molecule has 1 aromatic rings.